The Kier molecular flexibility index (Phi) is 4.65. The molecule has 0 saturated carbocycles. The Morgan fingerprint density at radius 1 is 1.40 bits per heavy atom. The van der Waals surface area contributed by atoms with Crippen molar-refractivity contribution in [2.24, 2.45) is 5.73 Å². The number of likely N-dealkylation sites (tertiary alicyclic amines) is 1. The first-order valence-electron chi connectivity index (χ1n) is 7.96. The first-order valence-corrected chi connectivity index (χ1v) is 7.96. The van der Waals surface area contributed by atoms with Crippen LogP contribution in [0.3, 0.4) is 0 Å². The van der Waals surface area contributed by atoms with Crippen LogP contribution in [0.4, 0.5) is 0 Å². The fourth-order valence-electron chi connectivity index (χ4n) is 3.14. The Hall–Kier alpha value is -2.58. The SMILES string of the molecule is COc1ccc(-c2[nH]ncc2CN2CC[C@](N)(C(=O)O)C2)cc1OC. The molecular formula is C17H22N4O4. The number of ether oxygens (including phenoxy) is 2. The van der Waals surface area contributed by atoms with E-state index in [1.807, 2.05) is 23.1 Å². The highest BCUT2D eigenvalue weighted by Crippen LogP contribution is 2.33. The van der Waals surface area contributed by atoms with Crippen LogP contribution in [-0.4, -0.2) is 59.0 Å². The second-order valence-corrected chi connectivity index (χ2v) is 6.26. The maximum Gasteiger partial charge on any atom is 0.325 e. The van der Waals surface area contributed by atoms with E-state index in [9.17, 15) is 9.90 Å². The van der Waals surface area contributed by atoms with E-state index in [1.54, 1.807) is 20.4 Å². The molecule has 8 nitrogen and oxygen atoms in total. The number of aliphatic carboxylic acids is 1. The van der Waals surface area contributed by atoms with Crippen LogP contribution in [0, 0.1) is 0 Å². The van der Waals surface area contributed by atoms with Crippen molar-refractivity contribution in [1.82, 2.24) is 15.1 Å². The lowest BCUT2D eigenvalue weighted by Crippen LogP contribution is -2.50. The van der Waals surface area contributed by atoms with Crippen LogP contribution in [0.15, 0.2) is 24.4 Å². The van der Waals surface area contributed by atoms with Gasteiger partial charge in [-0.05, 0) is 24.6 Å². The summed E-state index contributed by atoms with van der Waals surface area (Å²) in [4.78, 5) is 13.3. The summed E-state index contributed by atoms with van der Waals surface area (Å²) in [7, 11) is 3.18. The Labute approximate surface area is 145 Å². The topological polar surface area (TPSA) is 114 Å². The third-order valence-electron chi connectivity index (χ3n) is 4.59. The van der Waals surface area contributed by atoms with Crippen molar-refractivity contribution >= 4 is 5.97 Å². The number of hydrogen-bond acceptors (Lipinski definition) is 6. The maximum absolute atomic E-state index is 11.3. The Bertz CT molecular complexity index is 776. The van der Waals surface area contributed by atoms with Gasteiger partial charge in [0.2, 0.25) is 0 Å². The highest BCUT2D eigenvalue weighted by molar-refractivity contribution is 5.79. The molecule has 134 valence electrons. The zero-order chi connectivity index (χ0) is 18.0. The van der Waals surface area contributed by atoms with E-state index in [0.717, 1.165) is 16.8 Å². The summed E-state index contributed by atoms with van der Waals surface area (Å²) in [6.45, 7) is 1.53. The molecule has 0 bridgehead atoms. The number of hydrogen-bond donors (Lipinski definition) is 3. The van der Waals surface area contributed by atoms with E-state index in [1.165, 1.54) is 0 Å². The van der Waals surface area contributed by atoms with E-state index in [4.69, 9.17) is 15.2 Å². The number of benzene rings is 1. The van der Waals surface area contributed by atoms with Gasteiger partial charge < -0.3 is 20.3 Å². The molecule has 8 heteroatoms. The number of aromatic amines is 1. The van der Waals surface area contributed by atoms with Crippen molar-refractivity contribution in [2.75, 3.05) is 27.3 Å². The average molecular weight is 346 g/mol. The standard InChI is InChI=1S/C17H22N4O4/c1-24-13-4-3-11(7-14(13)25-2)15-12(8-19-20-15)9-21-6-5-17(18,10-21)16(22)23/h3-4,7-8H,5-6,9-10,18H2,1-2H3,(H,19,20)(H,22,23)/t17-/m1/s1. The number of carbonyl (C=O) groups is 1. The molecule has 1 aromatic carbocycles. The van der Waals surface area contributed by atoms with Crippen molar-refractivity contribution in [1.29, 1.82) is 0 Å². The molecule has 1 atom stereocenters. The van der Waals surface area contributed by atoms with Crippen molar-refractivity contribution in [2.45, 2.75) is 18.5 Å². The molecular weight excluding hydrogens is 324 g/mol. The minimum atomic E-state index is -1.17. The molecule has 0 unspecified atom stereocenters. The van der Waals surface area contributed by atoms with Gasteiger partial charge >= 0.3 is 5.97 Å². The minimum absolute atomic E-state index is 0.318. The average Bonchev–Trinajstić information content (AvgIpc) is 3.22. The first-order chi connectivity index (χ1) is 12.0. The summed E-state index contributed by atoms with van der Waals surface area (Å²) < 4.78 is 10.6. The third kappa shape index (κ3) is 3.31. The molecule has 0 radical (unpaired) electrons. The molecule has 4 N–H and O–H groups in total. The highest BCUT2D eigenvalue weighted by Gasteiger charge is 2.41. The van der Waals surface area contributed by atoms with Crippen molar-refractivity contribution in [3.63, 3.8) is 0 Å². The summed E-state index contributed by atoms with van der Waals surface area (Å²) >= 11 is 0. The molecule has 25 heavy (non-hydrogen) atoms. The van der Waals surface area contributed by atoms with Crippen molar-refractivity contribution in [3.8, 4) is 22.8 Å². The molecule has 1 fully saturated rings. The van der Waals surface area contributed by atoms with Gasteiger partial charge in [-0.25, -0.2) is 0 Å². The van der Waals surface area contributed by atoms with Crippen LogP contribution in [0.2, 0.25) is 0 Å². The second kappa shape index (κ2) is 6.73. The quantitative estimate of drug-likeness (QED) is 0.717. The first kappa shape index (κ1) is 17.2. The van der Waals surface area contributed by atoms with Crippen LogP contribution in [0.1, 0.15) is 12.0 Å². The van der Waals surface area contributed by atoms with Crippen LogP contribution < -0.4 is 15.2 Å². The van der Waals surface area contributed by atoms with E-state index in [-0.39, 0.29) is 0 Å². The summed E-state index contributed by atoms with van der Waals surface area (Å²) in [6, 6.07) is 5.64. The molecule has 2 heterocycles. The van der Waals surface area contributed by atoms with Gasteiger partial charge in [0.1, 0.15) is 5.54 Å². The molecule has 2 aromatic rings. The zero-order valence-electron chi connectivity index (χ0n) is 14.3. The van der Waals surface area contributed by atoms with Gasteiger partial charge in [-0.3, -0.25) is 14.8 Å². The lowest BCUT2D eigenvalue weighted by atomic mass is 10.0. The fraction of sp³-hybridized carbons (Fsp3) is 0.412. The molecule has 1 aliphatic heterocycles. The number of aromatic nitrogens is 2. The van der Waals surface area contributed by atoms with Crippen LogP contribution in [0.5, 0.6) is 11.5 Å². The van der Waals surface area contributed by atoms with Crippen LogP contribution in [-0.2, 0) is 11.3 Å². The summed E-state index contributed by atoms with van der Waals surface area (Å²) in [5.74, 6) is 0.331. The number of nitrogens with zero attached hydrogens (tertiary/aromatic N) is 2. The largest absolute Gasteiger partial charge is 0.493 e. The van der Waals surface area contributed by atoms with Gasteiger partial charge in [-0.1, -0.05) is 0 Å². The number of methoxy groups -OCH3 is 2. The number of nitrogens with two attached hydrogens (primary N) is 1. The van der Waals surface area contributed by atoms with Gasteiger partial charge in [0.05, 0.1) is 26.1 Å². The molecule has 1 aromatic heterocycles. The van der Waals surface area contributed by atoms with Crippen LogP contribution in [0.25, 0.3) is 11.3 Å². The second-order valence-electron chi connectivity index (χ2n) is 6.26. The number of carboxylic acids is 1. The number of nitrogens with one attached hydrogen (secondary N) is 1. The van der Waals surface area contributed by atoms with Gasteiger partial charge in [0.15, 0.2) is 11.5 Å². The normalized spacial score (nSPS) is 20.6. The van der Waals surface area contributed by atoms with Gasteiger partial charge in [-0.2, -0.15) is 5.10 Å². The molecule has 0 spiro atoms. The van der Waals surface area contributed by atoms with Gasteiger partial charge in [0, 0.05) is 30.8 Å². The monoisotopic (exact) mass is 346 g/mol. The predicted molar refractivity (Wildman–Crippen MR) is 91.6 cm³/mol. The smallest absolute Gasteiger partial charge is 0.325 e. The zero-order valence-corrected chi connectivity index (χ0v) is 14.3. The minimum Gasteiger partial charge on any atom is -0.493 e. The van der Waals surface area contributed by atoms with E-state index in [0.29, 0.717) is 37.6 Å². The van der Waals surface area contributed by atoms with E-state index >= 15 is 0 Å². The Morgan fingerprint density at radius 2 is 2.16 bits per heavy atom. The number of H-pyrrole nitrogens is 1. The van der Waals surface area contributed by atoms with E-state index in [2.05, 4.69) is 10.2 Å². The Morgan fingerprint density at radius 3 is 2.80 bits per heavy atom. The molecule has 3 rings (SSSR count). The fourth-order valence-corrected chi connectivity index (χ4v) is 3.14. The van der Waals surface area contributed by atoms with Crippen molar-refractivity contribution < 1.29 is 19.4 Å². The summed E-state index contributed by atoms with van der Waals surface area (Å²) in [6.07, 6.45) is 2.19. The molecule has 1 saturated heterocycles. The maximum atomic E-state index is 11.3. The highest BCUT2D eigenvalue weighted by atomic mass is 16.5. The van der Waals surface area contributed by atoms with Gasteiger partial charge in [0.25, 0.3) is 0 Å². The summed E-state index contributed by atoms with van der Waals surface area (Å²) in [5, 5.41) is 16.4. The van der Waals surface area contributed by atoms with Gasteiger partial charge in [-0.15, -0.1) is 0 Å². The predicted octanol–water partition coefficient (Wildman–Crippen LogP) is 1.08. The van der Waals surface area contributed by atoms with Crippen molar-refractivity contribution in [3.05, 3.63) is 30.0 Å². The molecule has 0 aliphatic carbocycles. The molecule has 0 amide bonds. The number of carboxylic acid groups (broad SMARTS) is 1. The number of rotatable bonds is 6. The third-order valence-corrected chi connectivity index (χ3v) is 4.59. The van der Waals surface area contributed by atoms with E-state index < -0.39 is 11.5 Å². The molecule has 1 aliphatic rings. The lowest BCUT2D eigenvalue weighted by molar-refractivity contribution is -0.142. The lowest BCUT2D eigenvalue weighted by Gasteiger charge is -2.20. The van der Waals surface area contributed by atoms with Crippen LogP contribution >= 0.6 is 0 Å². The Balaban J connectivity index is 1.81. The summed E-state index contributed by atoms with van der Waals surface area (Å²) in [5.41, 5.74) is 7.53.